The number of nitrogens with one attached hydrogen (secondary N) is 2. The smallest absolute Gasteiger partial charge is 0.273 e. The summed E-state index contributed by atoms with van der Waals surface area (Å²) in [4.78, 5) is 29.7. The molecule has 0 aliphatic rings. The van der Waals surface area contributed by atoms with E-state index in [2.05, 4.69) is 15.1 Å². The third-order valence-electron chi connectivity index (χ3n) is 3.94. The van der Waals surface area contributed by atoms with Gasteiger partial charge >= 0.3 is 0 Å². The second-order valence-electron chi connectivity index (χ2n) is 5.96. The Morgan fingerprint density at radius 1 is 1.24 bits per heavy atom. The van der Waals surface area contributed by atoms with E-state index in [0.29, 0.717) is 22.3 Å². The molecule has 1 amide bonds. The zero-order valence-electron chi connectivity index (χ0n) is 15.1. The molecular formula is C17H16F2N4O4S2. The lowest BCUT2D eigenvalue weighted by Gasteiger charge is -2.09. The lowest BCUT2D eigenvalue weighted by molar-refractivity contribution is -0.117. The van der Waals surface area contributed by atoms with E-state index in [1.165, 1.54) is 17.7 Å². The van der Waals surface area contributed by atoms with Crippen LogP contribution in [0.15, 0.2) is 40.3 Å². The highest BCUT2D eigenvalue weighted by Crippen LogP contribution is 2.20. The van der Waals surface area contributed by atoms with Gasteiger partial charge in [-0.05, 0) is 30.7 Å². The summed E-state index contributed by atoms with van der Waals surface area (Å²) >= 11 is 1.39. The minimum Gasteiger partial charge on any atom is -0.273 e. The zero-order valence-corrected chi connectivity index (χ0v) is 16.7. The summed E-state index contributed by atoms with van der Waals surface area (Å²) in [6.07, 6.45) is 1.64. The van der Waals surface area contributed by atoms with Crippen LogP contribution in [0, 0.1) is 11.6 Å². The minimum atomic E-state index is -4.12. The van der Waals surface area contributed by atoms with Crippen molar-refractivity contribution in [2.45, 2.75) is 24.7 Å². The van der Waals surface area contributed by atoms with E-state index in [0.717, 1.165) is 22.0 Å². The summed E-state index contributed by atoms with van der Waals surface area (Å²) in [6.45, 7) is 1.64. The molecule has 0 saturated heterocycles. The molecule has 0 aliphatic heterocycles. The Labute approximate surface area is 168 Å². The molecule has 1 aromatic carbocycles. The highest BCUT2D eigenvalue weighted by molar-refractivity contribution is 7.89. The van der Waals surface area contributed by atoms with E-state index in [4.69, 9.17) is 0 Å². The van der Waals surface area contributed by atoms with Gasteiger partial charge in [0.1, 0.15) is 11.2 Å². The fraction of sp³-hybridized carbons (Fsp3) is 0.235. The van der Waals surface area contributed by atoms with E-state index in [1.54, 1.807) is 6.07 Å². The van der Waals surface area contributed by atoms with Gasteiger partial charge in [-0.15, -0.1) is 11.3 Å². The molecule has 0 fully saturated rings. The molecule has 3 aromatic rings. The highest BCUT2D eigenvalue weighted by Gasteiger charge is 2.17. The summed E-state index contributed by atoms with van der Waals surface area (Å²) in [6, 6.07) is 3.87. The molecule has 8 nitrogen and oxygen atoms in total. The number of hydrogen-bond donors (Lipinski definition) is 2. The molecule has 0 saturated carbocycles. The van der Waals surface area contributed by atoms with Crippen molar-refractivity contribution in [3.8, 4) is 0 Å². The molecule has 29 heavy (non-hydrogen) atoms. The second-order valence-corrected chi connectivity index (χ2v) is 8.85. The van der Waals surface area contributed by atoms with Crippen LogP contribution in [0.3, 0.4) is 0 Å². The predicted octanol–water partition coefficient (Wildman–Crippen LogP) is 1.74. The normalized spacial score (nSPS) is 11.7. The van der Waals surface area contributed by atoms with E-state index in [9.17, 15) is 26.8 Å². The van der Waals surface area contributed by atoms with Gasteiger partial charge in [0.25, 0.3) is 5.56 Å². The van der Waals surface area contributed by atoms with Crippen LogP contribution in [0.5, 0.6) is 0 Å². The van der Waals surface area contributed by atoms with Crippen molar-refractivity contribution >= 4 is 37.5 Å². The average Bonchev–Trinajstić information content (AvgIpc) is 3.10. The van der Waals surface area contributed by atoms with E-state index in [1.807, 2.05) is 6.92 Å². The number of aromatic nitrogens is 2. The number of fused-ring (bicyclic) bond motifs is 1. The zero-order chi connectivity index (χ0) is 21.2. The Bertz CT molecular complexity index is 1240. The summed E-state index contributed by atoms with van der Waals surface area (Å²) in [5, 5.41) is 0.383. The summed E-state index contributed by atoms with van der Waals surface area (Å²) in [7, 11) is -4.12. The van der Waals surface area contributed by atoms with Crippen LogP contribution in [0.4, 0.5) is 8.78 Å². The maximum Gasteiger partial charge on any atom is 0.280 e. The summed E-state index contributed by atoms with van der Waals surface area (Å²) in [5.74, 6) is -3.10. The van der Waals surface area contributed by atoms with Crippen LogP contribution in [0.25, 0.3) is 10.2 Å². The van der Waals surface area contributed by atoms with Crippen LogP contribution in [-0.2, 0) is 21.2 Å². The molecule has 0 aliphatic carbocycles. The van der Waals surface area contributed by atoms with E-state index < -0.39 is 38.0 Å². The Kier molecular flexibility index (Phi) is 6.05. The molecule has 0 spiro atoms. The van der Waals surface area contributed by atoms with Gasteiger partial charge in [0, 0.05) is 17.8 Å². The lowest BCUT2D eigenvalue weighted by atomic mass is 10.3. The van der Waals surface area contributed by atoms with Crippen molar-refractivity contribution in [1.29, 1.82) is 0 Å². The van der Waals surface area contributed by atoms with Gasteiger partial charge in [0.05, 0.1) is 10.3 Å². The quantitative estimate of drug-likeness (QED) is 0.579. The van der Waals surface area contributed by atoms with Gasteiger partial charge < -0.3 is 0 Å². The third kappa shape index (κ3) is 4.66. The Hall–Kier alpha value is -2.70. The van der Waals surface area contributed by atoms with Crippen LogP contribution >= 0.6 is 11.3 Å². The fourth-order valence-corrected chi connectivity index (χ4v) is 4.41. The molecule has 2 aromatic heterocycles. The number of amides is 1. The average molecular weight is 442 g/mol. The number of rotatable bonds is 7. The number of carbonyl (C=O) groups excluding carboxylic acids is 1. The maximum atomic E-state index is 13.2. The molecular weight excluding hydrogens is 426 g/mol. The molecule has 0 radical (unpaired) electrons. The molecule has 2 N–H and O–H groups in total. The lowest BCUT2D eigenvalue weighted by Crippen LogP contribution is -2.35. The number of benzene rings is 1. The van der Waals surface area contributed by atoms with Gasteiger partial charge in [-0.3, -0.25) is 15.0 Å². The molecule has 3 rings (SSSR count). The third-order valence-corrected chi connectivity index (χ3v) is 6.59. The first kappa shape index (κ1) is 21.0. The van der Waals surface area contributed by atoms with Crippen molar-refractivity contribution in [3.63, 3.8) is 0 Å². The molecule has 0 unspecified atom stereocenters. The van der Waals surface area contributed by atoms with Gasteiger partial charge in [-0.2, -0.15) is 0 Å². The van der Waals surface area contributed by atoms with Crippen LogP contribution in [0.2, 0.25) is 0 Å². The number of nitrogens with zero attached hydrogens (tertiary/aromatic N) is 2. The predicted molar refractivity (Wildman–Crippen MR) is 104 cm³/mol. The standard InChI is InChI=1S/C17H16F2N4O4S2/c1-2-10-7-12-16(28-10)20-9-23(17(12)25)22-15(24)5-6-21-29(26,27)11-3-4-13(18)14(19)8-11/h3-4,7-9,21H,2,5-6H2,1H3,(H,22,24). The first-order chi connectivity index (χ1) is 13.7. The Morgan fingerprint density at radius 2 is 2.00 bits per heavy atom. The number of hydrogen-bond acceptors (Lipinski definition) is 6. The van der Waals surface area contributed by atoms with Gasteiger partial charge in [-0.25, -0.2) is 31.6 Å². The summed E-state index contributed by atoms with van der Waals surface area (Å²) in [5.41, 5.74) is 1.89. The number of thiophene rings is 1. The van der Waals surface area contributed by atoms with Crippen molar-refractivity contribution in [3.05, 3.63) is 57.5 Å². The van der Waals surface area contributed by atoms with E-state index in [-0.39, 0.29) is 13.0 Å². The first-order valence-electron chi connectivity index (χ1n) is 8.46. The number of aryl methyl sites for hydroxylation is 1. The fourth-order valence-electron chi connectivity index (χ4n) is 2.44. The van der Waals surface area contributed by atoms with Crippen molar-refractivity contribution < 1.29 is 22.0 Å². The number of sulfonamides is 1. The van der Waals surface area contributed by atoms with Gasteiger partial charge in [0.2, 0.25) is 15.9 Å². The van der Waals surface area contributed by atoms with Gasteiger partial charge in [0.15, 0.2) is 11.6 Å². The molecule has 154 valence electrons. The van der Waals surface area contributed by atoms with Crippen LogP contribution in [-0.4, -0.2) is 30.5 Å². The van der Waals surface area contributed by atoms with E-state index >= 15 is 0 Å². The second kappa shape index (κ2) is 8.35. The molecule has 0 atom stereocenters. The molecule has 2 heterocycles. The molecule has 0 bridgehead atoms. The number of carbonyl (C=O) groups is 1. The minimum absolute atomic E-state index is 0.294. The van der Waals surface area contributed by atoms with Gasteiger partial charge in [-0.1, -0.05) is 6.92 Å². The Balaban J connectivity index is 1.62. The monoisotopic (exact) mass is 442 g/mol. The van der Waals surface area contributed by atoms with Crippen molar-refractivity contribution in [2.75, 3.05) is 12.0 Å². The first-order valence-corrected chi connectivity index (χ1v) is 10.8. The topological polar surface area (TPSA) is 110 Å². The van der Waals surface area contributed by atoms with Crippen molar-refractivity contribution in [2.24, 2.45) is 0 Å². The SMILES string of the molecule is CCc1cc2c(=O)n(NC(=O)CCNS(=O)(=O)c3ccc(F)c(F)c3)cnc2s1. The summed E-state index contributed by atoms with van der Waals surface area (Å²) < 4.78 is 53.3. The highest BCUT2D eigenvalue weighted by atomic mass is 32.2. The largest absolute Gasteiger partial charge is 0.280 e. The van der Waals surface area contributed by atoms with Crippen molar-refractivity contribution in [1.82, 2.24) is 14.4 Å². The molecule has 12 heteroatoms. The maximum absolute atomic E-state index is 13.2. The van der Waals surface area contributed by atoms with Crippen LogP contribution < -0.4 is 15.7 Å². The van der Waals surface area contributed by atoms with Crippen LogP contribution in [0.1, 0.15) is 18.2 Å². The Morgan fingerprint density at radius 3 is 2.69 bits per heavy atom. The number of halogens is 2.